The summed E-state index contributed by atoms with van der Waals surface area (Å²) in [5, 5.41) is 3.51. The highest BCUT2D eigenvalue weighted by atomic mass is 19.3. The largest absolute Gasteiger partial charge is 0.471 e. The van der Waals surface area contributed by atoms with Crippen LogP contribution in [0.4, 0.5) is 18.9 Å². The van der Waals surface area contributed by atoms with E-state index in [9.17, 15) is 13.2 Å². The van der Waals surface area contributed by atoms with Crippen molar-refractivity contribution in [2.45, 2.75) is 13.3 Å². The lowest BCUT2D eigenvalue weighted by molar-refractivity contribution is 0.146. The van der Waals surface area contributed by atoms with Crippen LogP contribution in [0.25, 0.3) is 0 Å². The topological polar surface area (TPSA) is 72.9 Å². The monoisotopic (exact) mass is 336 g/mol. The Kier molecular flexibility index (Phi) is 5.89. The molecular weight excluding hydrogens is 321 g/mol. The Morgan fingerprint density at radius 1 is 1.33 bits per heavy atom. The average Bonchev–Trinajstić information content (AvgIpc) is 2.56. The molecule has 5 nitrogen and oxygen atoms in total. The molecule has 8 heteroatoms. The Morgan fingerprint density at radius 2 is 2.12 bits per heavy atom. The van der Waals surface area contributed by atoms with E-state index in [1.165, 1.54) is 12.3 Å². The molecule has 0 aliphatic heterocycles. The number of hydrazone groups is 1. The number of aliphatic imine (C=N–C) groups is 1. The van der Waals surface area contributed by atoms with E-state index in [1.807, 2.05) is 13.0 Å². The molecule has 24 heavy (non-hydrogen) atoms. The van der Waals surface area contributed by atoms with Crippen molar-refractivity contribution >= 4 is 17.6 Å². The molecular formula is C16H15F3N4O. The maximum atomic E-state index is 13.2. The number of ether oxygens (including phenoxy) is 1. The molecule has 0 radical (unpaired) electrons. The number of hydrogen-bond donors (Lipinski definition) is 1. The molecule has 126 valence electrons. The Hall–Kier alpha value is -2.90. The second-order valence-corrected chi connectivity index (χ2v) is 4.85. The lowest BCUT2D eigenvalue weighted by Gasteiger charge is -2.05. The number of aryl methyl sites for hydroxylation is 1. The summed E-state index contributed by atoms with van der Waals surface area (Å²) < 4.78 is 43.9. The van der Waals surface area contributed by atoms with E-state index in [2.05, 4.69) is 15.1 Å². The Morgan fingerprint density at radius 3 is 2.79 bits per heavy atom. The van der Waals surface area contributed by atoms with Crippen molar-refractivity contribution in [1.82, 2.24) is 4.98 Å². The van der Waals surface area contributed by atoms with Gasteiger partial charge in [-0.2, -0.15) is 5.10 Å². The normalized spacial score (nSPS) is 12.1. The molecule has 0 fully saturated rings. The lowest BCUT2D eigenvalue weighted by Crippen LogP contribution is -2.15. The van der Waals surface area contributed by atoms with E-state index in [-0.39, 0.29) is 18.0 Å². The molecule has 0 aliphatic rings. The van der Waals surface area contributed by atoms with Crippen LogP contribution >= 0.6 is 0 Å². The molecule has 0 atom stereocenters. The van der Waals surface area contributed by atoms with Gasteiger partial charge in [-0.1, -0.05) is 0 Å². The summed E-state index contributed by atoms with van der Waals surface area (Å²) in [5.74, 6) is 4.66. The van der Waals surface area contributed by atoms with Crippen LogP contribution < -0.4 is 10.6 Å². The van der Waals surface area contributed by atoms with Gasteiger partial charge in [-0.05, 0) is 36.8 Å². The first-order valence-corrected chi connectivity index (χ1v) is 6.93. The van der Waals surface area contributed by atoms with Gasteiger partial charge in [0.2, 0.25) is 5.88 Å². The highest BCUT2D eigenvalue weighted by Crippen LogP contribution is 2.26. The minimum absolute atomic E-state index is 0.000642. The molecule has 0 saturated carbocycles. The van der Waals surface area contributed by atoms with E-state index in [0.29, 0.717) is 5.88 Å². The Bertz CT molecular complexity index is 763. The lowest BCUT2D eigenvalue weighted by atomic mass is 10.2. The molecule has 2 aromatic rings. The van der Waals surface area contributed by atoms with Crippen molar-refractivity contribution in [2.24, 2.45) is 15.9 Å². The number of nitrogens with zero attached hydrogens (tertiary/aromatic N) is 3. The zero-order valence-electron chi connectivity index (χ0n) is 12.8. The van der Waals surface area contributed by atoms with Crippen LogP contribution in [-0.4, -0.2) is 23.5 Å². The van der Waals surface area contributed by atoms with Crippen molar-refractivity contribution in [3.63, 3.8) is 0 Å². The zero-order chi connectivity index (χ0) is 17.5. The number of aromatic nitrogens is 1. The van der Waals surface area contributed by atoms with Gasteiger partial charge < -0.3 is 10.6 Å². The van der Waals surface area contributed by atoms with Gasteiger partial charge >= 0.3 is 0 Å². The average molecular weight is 336 g/mol. The molecule has 1 heterocycles. The number of hydrogen-bond acceptors (Lipinski definition) is 5. The number of halogens is 3. The fourth-order valence-corrected chi connectivity index (χ4v) is 1.77. The predicted molar refractivity (Wildman–Crippen MR) is 85.6 cm³/mol. The van der Waals surface area contributed by atoms with Crippen LogP contribution in [0.15, 0.2) is 46.6 Å². The van der Waals surface area contributed by atoms with Gasteiger partial charge in [0, 0.05) is 12.3 Å². The van der Waals surface area contributed by atoms with Crippen molar-refractivity contribution in [3.05, 3.63) is 53.5 Å². The summed E-state index contributed by atoms with van der Waals surface area (Å²) in [6.07, 6.45) is -0.0562. The Labute approximate surface area is 136 Å². The number of alkyl halides is 2. The van der Waals surface area contributed by atoms with E-state index < -0.39 is 17.8 Å². The first kappa shape index (κ1) is 17.5. The molecule has 2 rings (SSSR count). The molecule has 1 aromatic carbocycles. The third-order valence-corrected chi connectivity index (χ3v) is 3.00. The van der Waals surface area contributed by atoms with Gasteiger partial charge in [0.25, 0.3) is 6.43 Å². The van der Waals surface area contributed by atoms with E-state index in [0.717, 1.165) is 17.7 Å². The number of benzene rings is 1. The van der Waals surface area contributed by atoms with Crippen LogP contribution in [-0.2, 0) is 0 Å². The van der Waals surface area contributed by atoms with E-state index in [4.69, 9.17) is 10.6 Å². The summed E-state index contributed by atoms with van der Waals surface area (Å²) in [6.45, 7) is 1.89. The maximum absolute atomic E-state index is 13.2. The quantitative estimate of drug-likeness (QED) is 0.498. The number of pyridine rings is 1. The van der Waals surface area contributed by atoms with Gasteiger partial charge in [0.15, 0.2) is 0 Å². The first-order valence-electron chi connectivity index (χ1n) is 6.93. The number of rotatable bonds is 6. The summed E-state index contributed by atoms with van der Waals surface area (Å²) in [7, 11) is 0. The van der Waals surface area contributed by atoms with E-state index in [1.54, 1.807) is 12.3 Å². The van der Waals surface area contributed by atoms with Crippen LogP contribution in [0.3, 0.4) is 0 Å². The van der Waals surface area contributed by atoms with Crippen LogP contribution in [0, 0.1) is 12.7 Å². The molecule has 1 aromatic heterocycles. The summed E-state index contributed by atoms with van der Waals surface area (Å²) in [6, 6.07) is 6.73. The van der Waals surface area contributed by atoms with Gasteiger partial charge in [-0.15, -0.1) is 0 Å². The first-order chi connectivity index (χ1) is 11.5. The standard InChI is InChI=1S/C16H15F3N4O/c1-10-4-5-21-15(6-10)24-9-12(23-20)8-22-11-2-3-14(17)13(7-11)16(18)19/h2-8,16H,9,20H2,1H3. The third kappa shape index (κ3) is 4.80. The van der Waals surface area contributed by atoms with Crippen LogP contribution in [0.2, 0.25) is 0 Å². The molecule has 0 unspecified atom stereocenters. The minimum Gasteiger partial charge on any atom is -0.471 e. The van der Waals surface area contributed by atoms with E-state index >= 15 is 0 Å². The summed E-state index contributed by atoms with van der Waals surface area (Å²) >= 11 is 0. The SMILES string of the molecule is Cc1ccnc(OCC(C=Nc2ccc(F)c(C(F)F)c2)=NN)c1. The fourth-order valence-electron chi connectivity index (χ4n) is 1.77. The van der Waals surface area contributed by atoms with Gasteiger partial charge in [-0.3, -0.25) is 4.99 Å². The second kappa shape index (κ2) is 8.09. The molecule has 0 aliphatic carbocycles. The highest BCUT2D eigenvalue weighted by molar-refractivity contribution is 6.31. The molecule has 0 amide bonds. The smallest absolute Gasteiger partial charge is 0.266 e. The maximum Gasteiger partial charge on any atom is 0.266 e. The fraction of sp³-hybridized carbons (Fsp3) is 0.188. The third-order valence-electron chi connectivity index (χ3n) is 3.00. The predicted octanol–water partition coefficient (Wildman–Crippen LogP) is 3.56. The van der Waals surface area contributed by atoms with Crippen molar-refractivity contribution in [1.29, 1.82) is 0 Å². The molecule has 0 spiro atoms. The number of nitrogens with two attached hydrogens (primary N) is 1. The van der Waals surface area contributed by atoms with Gasteiger partial charge in [-0.25, -0.2) is 18.2 Å². The molecule has 2 N–H and O–H groups in total. The Balaban J connectivity index is 2.05. The van der Waals surface area contributed by atoms with Crippen LogP contribution in [0.1, 0.15) is 17.6 Å². The van der Waals surface area contributed by atoms with Gasteiger partial charge in [0.1, 0.15) is 18.1 Å². The second-order valence-electron chi connectivity index (χ2n) is 4.85. The molecule has 0 bridgehead atoms. The molecule has 0 saturated heterocycles. The van der Waals surface area contributed by atoms with Crippen LogP contribution in [0.5, 0.6) is 5.88 Å². The summed E-state index contributed by atoms with van der Waals surface area (Å²) in [5.41, 5.74) is 0.685. The van der Waals surface area contributed by atoms with Crippen molar-refractivity contribution in [2.75, 3.05) is 6.61 Å². The highest BCUT2D eigenvalue weighted by Gasteiger charge is 2.13. The van der Waals surface area contributed by atoms with Crippen molar-refractivity contribution < 1.29 is 17.9 Å². The van der Waals surface area contributed by atoms with Crippen molar-refractivity contribution in [3.8, 4) is 5.88 Å². The minimum atomic E-state index is -2.92. The van der Waals surface area contributed by atoms with Gasteiger partial charge in [0.05, 0.1) is 17.5 Å². The zero-order valence-corrected chi connectivity index (χ0v) is 12.8. The summed E-state index contributed by atoms with van der Waals surface area (Å²) in [4.78, 5) is 7.97.